The number of hydrogen-bond donors (Lipinski definition) is 0. The molecule has 0 spiro atoms. The summed E-state index contributed by atoms with van der Waals surface area (Å²) in [7, 11) is 0. The Morgan fingerprint density at radius 1 is 0.971 bits per heavy atom. The van der Waals surface area contributed by atoms with Gasteiger partial charge >= 0.3 is 5.69 Å². The second kappa shape index (κ2) is 9.14. The van der Waals surface area contributed by atoms with Gasteiger partial charge in [0, 0.05) is 26.2 Å². The molecule has 4 aromatic rings. The van der Waals surface area contributed by atoms with Crippen LogP contribution in [0.1, 0.15) is 11.1 Å². The van der Waals surface area contributed by atoms with Crippen LogP contribution in [-0.4, -0.2) is 46.1 Å². The van der Waals surface area contributed by atoms with Gasteiger partial charge in [-0.25, -0.2) is 13.8 Å². The molecule has 180 valence electrons. The van der Waals surface area contributed by atoms with Crippen molar-refractivity contribution >= 4 is 33.1 Å². The van der Waals surface area contributed by atoms with E-state index in [1.165, 1.54) is 22.0 Å². The molecule has 7 nitrogen and oxygen atoms in total. The summed E-state index contributed by atoms with van der Waals surface area (Å²) in [6.07, 6.45) is 0. The van der Waals surface area contributed by atoms with Gasteiger partial charge in [0.15, 0.2) is 0 Å². The monoisotopic (exact) mass is 492 g/mol. The van der Waals surface area contributed by atoms with Crippen molar-refractivity contribution in [2.45, 2.75) is 20.4 Å². The number of amides is 1. The minimum Gasteiger partial charge on any atom is -0.366 e. The summed E-state index contributed by atoms with van der Waals surface area (Å²) in [6, 6.07) is 13.9. The van der Waals surface area contributed by atoms with E-state index in [2.05, 4.69) is 0 Å². The first kappa shape index (κ1) is 23.0. The van der Waals surface area contributed by atoms with E-state index >= 15 is 0 Å². The van der Waals surface area contributed by atoms with Crippen LogP contribution in [0.15, 0.2) is 63.5 Å². The third-order valence-corrected chi connectivity index (χ3v) is 7.36. The van der Waals surface area contributed by atoms with E-state index in [4.69, 9.17) is 0 Å². The fraction of sp³-hybridized carbons (Fsp3) is 0.269. The van der Waals surface area contributed by atoms with E-state index in [9.17, 15) is 18.8 Å². The number of rotatable bonds is 4. The topological polar surface area (TPSA) is 67.6 Å². The summed E-state index contributed by atoms with van der Waals surface area (Å²) >= 11 is 1.26. The summed E-state index contributed by atoms with van der Waals surface area (Å²) in [5.74, 6) is -0.494. The molecule has 1 aliphatic rings. The third-order valence-electron chi connectivity index (χ3n) is 6.47. The van der Waals surface area contributed by atoms with Crippen LogP contribution in [-0.2, 0) is 11.3 Å². The molecule has 0 bridgehead atoms. The number of para-hydroxylation sites is 1. The van der Waals surface area contributed by atoms with Gasteiger partial charge in [-0.05, 0) is 49.1 Å². The lowest BCUT2D eigenvalue weighted by molar-refractivity contribution is -0.132. The number of aryl methyl sites for hydroxylation is 2. The number of nitrogens with zero attached hydrogens (tertiary/aromatic N) is 4. The summed E-state index contributed by atoms with van der Waals surface area (Å²) in [5, 5.41) is 1.76. The van der Waals surface area contributed by atoms with Gasteiger partial charge in [-0.2, -0.15) is 0 Å². The molecule has 2 aromatic carbocycles. The highest BCUT2D eigenvalue weighted by atomic mass is 32.1. The number of thiophene rings is 1. The fourth-order valence-electron chi connectivity index (χ4n) is 4.65. The number of aromatic nitrogens is 2. The first-order valence-electron chi connectivity index (χ1n) is 11.4. The molecular formula is C26H25FN4O3S. The molecule has 3 heterocycles. The van der Waals surface area contributed by atoms with Gasteiger partial charge in [0.25, 0.3) is 5.56 Å². The zero-order chi connectivity index (χ0) is 24.7. The Morgan fingerprint density at radius 2 is 1.71 bits per heavy atom. The number of halogens is 1. The van der Waals surface area contributed by atoms with Gasteiger partial charge in [0.2, 0.25) is 5.91 Å². The highest BCUT2D eigenvalue weighted by Crippen LogP contribution is 2.21. The first-order valence-corrected chi connectivity index (χ1v) is 12.3. The van der Waals surface area contributed by atoms with Gasteiger partial charge in [-0.3, -0.25) is 14.2 Å². The lowest BCUT2D eigenvalue weighted by Crippen LogP contribution is -2.51. The fourth-order valence-corrected chi connectivity index (χ4v) is 5.47. The van der Waals surface area contributed by atoms with Crippen molar-refractivity contribution in [3.63, 3.8) is 0 Å². The Hall–Kier alpha value is -3.72. The molecule has 9 heteroatoms. The molecule has 1 fully saturated rings. The molecule has 0 N–H and O–H groups in total. The highest BCUT2D eigenvalue weighted by Gasteiger charge is 2.25. The van der Waals surface area contributed by atoms with Crippen LogP contribution in [0.25, 0.3) is 15.9 Å². The smallest absolute Gasteiger partial charge is 0.336 e. The lowest BCUT2D eigenvalue weighted by atomic mass is 10.1. The van der Waals surface area contributed by atoms with Gasteiger partial charge in [0.05, 0.1) is 16.9 Å². The Kier molecular flexibility index (Phi) is 6.02. The zero-order valence-electron chi connectivity index (χ0n) is 19.5. The van der Waals surface area contributed by atoms with Gasteiger partial charge in [-0.15, -0.1) is 11.3 Å². The van der Waals surface area contributed by atoms with Crippen molar-refractivity contribution in [2.24, 2.45) is 0 Å². The molecule has 0 unspecified atom stereocenters. The number of benzene rings is 2. The number of carbonyl (C=O) groups is 1. The van der Waals surface area contributed by atoms with Crippen LogP contribution in [0.5, 0.6) is 0 Å². The number of carbonyl (C=O) groups excluding carboxylic acids is 1. The number of piperazine rings is 1. The van der Waals surface area contributed by atoms with Crippen LogP contribution >= 0.6 is 11.3 Å². The molecule has 0 atom stereocenters. The Bertz CT molecular complexity index is 1550. The Labute approximate surface area is 205 Å². The average Bonchev–Trinajstić information content (AvgIpc) is 3.34. The minimum absolute atomic E-state index is 0.170. The van der Waals surface area contributed by atoms with E-state index in [1.54, 1.807) is 40.6 Å². The SMILES string of the molecule is Cc1ccc(-n2c(=O)c3sccc3n(CC(=O)N3CCN(c4ccccc4F)CC3)c2=O)c(C)c1. The summed E-state index contributed by atoms with van der Waals surface area (Å²) < 4.78 is 17.1. The molecule has 0 aliphatic carbocycles. The second-order valence-electron chi connectivity index (χ2n) is 8.75. The maximum atomic E-state index is 14.2. The van der Waals surface area contributed by atoms with Crippen LogP contribution in [0, 0.1) is 19.7 Å². The molecule has 1 saturated heterocycles. The quantitative estimate of drug-likeness (QED) is 0.438. The minimum atomic E-state index is -0.536. The van der Waals surface area contributed by atoms with Gasteiger partial charge in [-0.1, -0.05) is 29.8 Å². The van der Waals surface area contributed by atoms with E-state index in [0.717, 1.165) is 15.7 Å². The zero-order valence-corrected chi connectivity index (χ0v) is 20.3. The normalized spacial score (nSPS) is 14.0. The summed E-state index contributed by atoms with van der Waals surface area (Å²) in [4.78, 5) is 43.6. The molecule has 1 aliphatic heterocycles. The van der Waals surface area contributed by atoms with Gasteiger partial charge < -0.3 is 9.80 Å². The van der Waals surface area contributed by atoms with E-state index in [1.807, 2.05) is 30.9 Å². The summed E-state index contributed by atoms with van der Waals surface area (Å²) in [6.45, 7) is 5.48. The number of anilines is 1. The van der Waals surface area contributed by atoms with Crippen molar-refractivity contribution in [2.75, 3.05) is 31.1 Å². The summed E-state index contributed by atoms with van der Waals surface area (Å²) in [5.41, 5.74) is 2.42. The van der Waals surface area contributed by atoms with Crippen molar-refractivity contribution in [3.8, 4) is 5.69 Å². The highest BCUT2D eigenvalue weighted by molar-refractivity contribution is 7.17. The van der Waals surface area contributed by atoms with Crippen molar-refractivity contribution < 1.29 is 9.18 Å². The molecule has 0 saturated carbocycles. The molecule has 1 amide bonds. The van der Waals surface area contributed by atoms with Gasteiger partial charge in [0.1, 0.15) is 17.1 Å². The molecule has 35 heavy (non-hydrogen) atoms. The maximum absolute atomic E-state index is 14.2. The van der Waals surface area contributed by atoms with Crippen molar-refractivity contribution in [1.82, 2.24) is 14.0 Å². The van der Waals surface area contributed by atoms with Crippen molar-refractivity contribution in [3.05, 3.63) is 91.7 Å². The van der Waals surface area contributed by atoms with E-state index < -0.39 is 5.69 Å². The Balaban J connectivity index is 1.44. The predicted octanol–water partition coefficient (Wildman–Crippen LogP) is 3.32. The molecular weight excluding hydrogens is 467 g/mol. The maximum Gasteiger partial charge on any atom is 0.336 e. The average molecular weight is 493 g/mol. The van der Waals surface area contributed by atoms with E-state index in [0.29, 0.717) is 47.8 Å². The van der Waals surface area contributed by atoms with Crippen LogP contribution < -0.4 is 16.1 Å². The molecule has 5 rings (SSSR count). The van der Waals surface area contributed by atoms with Crippen molar-refractivity contribution in [1.29, 1.82) is 0 Å². The van der Waals surface area contributed by atoms with Crippen LogP contribution in [0.3, 0.4) is 0 Å². The van der Waals surface area contributed by atoms with E-state index in [-0.39, 0.29) is 23.8 Å². The van der Waals surface area contributed by atoms with Crippen LogP contribution in [0.4, 0.5) is 10.1 Å². The molecule has 0 radical (unpaired) electrons. The third kappa shape index (κ3) is 4.16. The first-order chi connectivity index (χ1) is 16.8. The molecule has 2 aromatic heterocycles. The Morgan fingerprint density at radius 3 is 2.43 bits per heavy atom. The largest absolute Gasteiger partial charge is 0.366 e. The lowest BCUT2D eigenvalue weighted by Gasteiger charge is -2.36. The second-order valence-corrected chi connectivity index (χ2v) is 9.67. The predicted molar refractivity (Wildman–Crippen MR) is 136 cm³/mol. The van der Waals surface area contributed by atoms with Crippen LogP contribution in [0.2, 0.25) is 0 Å². The standard InChI is InChI=1S/C26H25FN4O3S/c1-17-7-8-20(18(2)15-17)31-25(33)24-22(9-14-35-24)30(26(31)34)16-23(32)29-12-10-28(11-13-29)21-6-4-3-5-19(21)27/h3-9,14-15H,10-13,16H2,1-2H3. The number of fused-ring (bicyclic) bond motifs is 1. The number of hydrogen-bond acceptors (Lipinski definition) is 5.